The van der Waals surface area contributed by atoms with Crippen molar-refractivity contribution in [3.8, 4) is 0 Å². The Labute approximate surface area is 112 Å². The summed E-state index contributed by atoms with van der Waals surface area (Å²) in [5.41, 5.74) is -0.0254. The standard InChI is InChI=1S/C13H20N2O4/c16-12(14-6-11-17-3-4-18-11)15-2-1-13(8-15)10-5-9(10)7-19-13/h9-11H,1-8H2,(H,14,16). The average molecular weight is 268 g/mol. The summed E-state index contributed by atoms with van der Waals surface area (Å²) in [5, 5.41) is 2.88. The fraction of sp³-hybridized carbons (Fsp3) is 0.923. The van der Waals surface area contributed by atoms with Crippen LogP contribution in [0, 0.1) is 11.8 Å². The second-order valence-corrected chi connectivity index (χ2v) is 6.01. The molecular weight excluding hydrogens is 248 g/mol. The maximum Gasteiger partial charge on any atom is 0.317 e. The van der Waals surface area contributed by atoms with E-state index in [4.69, 9.17) is 14.2 Å². The highest BCUT2D eigenvalue weighted by atomic mass is 16.7. The van der Waals surface area contributed by atoms with E-state index in [0.717, 1.165) is 32.0 Å². The minimum absolute atomic E-state index is 0.0244. The lowest BCUT2D eigenvalue weighted by Crippen LogP contribution is -2.44. The fourth-order valence-corrected chi connectivity index (χ4v) is 3.66. The Morgan fingerprint density at radius 3 is 2.89 bits per heavy atom. The van der Waals surface area contributed by atoms with Crippen molar-refractivity contribution in [1.29, 1.82) is 0 Å². The van der Waals surface area contributed by atoms with Gasteiger partial charge in [-0.25, -0.2) is 4.79 Å². The number of urea groups is 1. The van der Waals surface area contributed by atoms with Crippen molar-refractivity contribution in [2.45, 2.75) is 24.7 Å². The number of ether oxygens (including phenoxy) is 3. The highest BCUT2D eigenvalue weighted by Crippen LogP contribution is 2.57. The molecule has 0 aromatic heterocycles. The molecule has 3 heterocycles. The van der Waals surface area contributed by atoms with Gasteiger partial charge in [-0.3, -0.25) is 0 Å². The van der Waals surface area contributed by atoms with E-state index >= 15 is 0 Å². The summed E-state index contributed by atoms with van der Waals surface area (Å²) in [6.07, 6.45) is 1.99. The highest BCUT2D eigenvalue weighted by Gasteiger charge is 2.61. The number of hydrogen-bond donors (Lipinski definition) is 1. The lowest BCUT2D eigenvalue weighted by Gasteiger charge is -2.26. The van der Waals surface area contributed by atoms with E-state index in [0.29, 0.717) is 25.7 Å². The first-order chi connectivity index (χ1) is 9.27. The van der Waals surface area contributed by atoms with Crippen LogP contribution < -0.4 is 5.32 Å². The van der Waals surface area contributed by atoms with Crippen LogP contribution in [0.4, 0.5) is 4.79 Å². The first kappa shape index (κ1) is 11.9. The predicted octanol–water partition coefficient (Wildman–Crippen LogP) is 0.180. The molecule has 0 aromatic carbocycles. The van der Waals surface area contributed by atoms with E-state index in [9.17, 15) is 4.79 Å². The van der Waals surface area contributed by atoms with E-state index < -0.39 is 0 Å². The number of hydrogen-bond acceptors (Lipinski definition) is 4. The number of nitrogens with one attached hydrogen (secondary N) is 1. The number of likely N-dealkylation sites (tertiary alicyclic amines) is 1. The Morgan fingerprint density at radius 1 is 1.37 bits per heavy atom. The number of nitrogens with zero attached hydrogens (tertiary/aromatic N) is 1. The molecule has 106 valence electrons. The van der Waals surface area contributed by atoms with Crippen molar-refractivity contribution >= 4 is 6.03 Å². The first-order valence-corrected chi connectivity index (χ1v) is 7.17. The van der Waals surface area contributed by atoms with Crippen LogP contribution in [0.25, 0.3) is 0 Å². The van der Waals surface area contributed by atoms with Crippen LogP contribution in [-0.4, -0.2) is 62.3 Å². The Hall–Kier alpha value is -0.850. The Morgan fingerprint density at radius 2 is 2.21 bits per heavy atom. The molecule has 4 rings (SSSR count). The maximum atomic E-state index is 12.1. The van der Waals surface area contributed by atoms with E-state index in [1.807, 2.05) is 4.90 Å². The summed E-state index contributed by atoms with van der Waals surface area (Å²) in [7, 11) is 0. The van der Waals surface area contributed by atoms with Crippen LogP contribution in [-0.2, 0) is 14.2 Å². The zero-order chi connectivity index (χ0) is 12.9. The third kappa shape index (κ3) is 2.02. The van der Waals surface area contributed by atoms with Gasteiger partial charge in [0.2, 0.25) is 0 Å². The molecule has 3 unspecified atom stereocenters. The summed E-state index contributed by atoms with van der Waals surface area (Å²) in [4.78, 5) is 14.0. The lowest BCUT2D eigenvalue weighted by molar-refractivity contribution is -0.0380. The normalized spacial score (nSPS) is 40.9. The number of rotatable bonds is 2. The van der Waals surface area contributed by atoms with Gasteiger partial charge in [-0.1, -0.05) is 0 Å². The summed E-state index contributed by atoms with van der Waals surface area (Å²) in [6.45, 7) is 4.08. The number of amides is 2. The monoisotopic (exact) mass is 268 g/mol. The van der Waals surface area contributed by atoms with Crippen LogP contribution in [0.3, 0.4) is 0 Å². The quantitative estimate of drug-likeness (QED) is 0.776. The van der Waals surface area contributed by atoms with Gasteiger partial charge >= 0.3 is 6.03 Å². The van der Waals surface area contributed by atoms with Gasteiger partial charge < -0.3 is 24.4 Å². The molecule has 0 radical (unpaired) electrons. The second kappa shape index (κ2) is 4.33. The zero-order valence-electron chi connectivity index (χ0n) is 11.0. The summed E-state index contributed by atoms with van der Waals surface area (Å²) in [5.74, 6) is 1.47. The van der Waals surface area contributed by atoms with Gasteiger partial charge in [0.15, 0.2) is 6.29 Å². The molecule has 2 amide bonds. The third-order valence-electron chi connectivity index (χ3n) is 4.84. The van der Waals surface area contributed by atoms with Crippen molar-refractivity contribution in [2.24, 2.45) is 11.8 Å². The largest absolute Gasteiger partial charge is 0.372 e. The molecular formula is C13H20N2O4. The topological polar surface area (TPSA) is 60.0 Å². The van der Waals surface area contributed by atoms with Crippen LogP contribution in [0.2, 0.25) is 0 Å². The lowest BCUT2D eigenvalue weighted by atomic mass is 9.97. The SMILES string of the molecule is O=C(NCC1OCCO1)N1CCC2(C1)OCC1CC12. The van der Waals surface area contributed by atoms with E-state index in [2.05, 4.69) is 5.32 Å². The number of carbonyl (C=O) groups is 1. The zero-order valence-corrected chi connectivity index (χ0v) is 11.0. The summed E-state index contributed by atoms with van der Waals surface area (Å²) < 4.78 is 16.6. The van der Waals surface area contributed by atoms with Crippen LogP contribution >= 0.6 is 0 Å². The molecule has 0 bridgehead atoms. The van der Waals surface area contributed by atoms with E-state index in [-0.39, 0.29) is 17.9 Å². The number of fused-ring (bicyclic) bond motifs is 2. The van der Waals surface area contributed by atoms with Gasteiger partial charge in [0.25, 0.3) is 0 Å². The molecule has 6 nitrogen and oxygen atoms in total. The van der Waals surface area contributed by atoms with E-state index in [1.54, 1.807) is 0 Å². The molecule has 3 atom stereocenters. The molecule has 6 heteroatoms. The maximum absolute atomic E-state index is 12.1. The van der Waals surface area contributed by atoms with Crippen molar-refractivity contribution < 1.29 is 19.0 Å². The van der Waals surface area contributed by atoms with Crippen LogP contribution in [0.5, 0.6) is 0 Å². The number of carbonyl (C=O) groups excluding carboxylic acids is 1. The Bertz CT molecular complexity index is 385. The fourth-order valence-electron chi connectivity index (χ4n) is 3.66. The molecule has 1 N–H and O–H groups in total. The Kier molecular flexibility index (Phi) is 2.72. The highest BCUT2D eigenvalue weighted by molar-refractivity contribution is 5.74. The molecule has 4 fully saturated rings. The molecule has 1 spiro atoms. The summed E-state index contributed by atoms with van der Waals surface area (Å²) in [6, 6.07) is -0.0244. The van der Waals surface area contributed by atoms with Crippen molar-refractivity contribution in [3.63, 3.8) is 0 Å². The van der Waals surface area contributed by atoms with Crippen molar-refractivity contribution in [2.75, 3.05) is 39.5 Å². The summed E-state index contributed by atoms with van der Waals surface area (Å²) >= 11 is 0. The molecule has 1 saturated carbocycles. The van der Waals surface area contributed by atoms with Crippen molar-refractivity contribution in [3.05, 3.63) is 0 Å². The molecule has 0 aromatic rings. The van der Waals surface area contributed by atoms with Gasteiger partial charge in [-0.2, -0.15) is 0 Å². The van der Waals surface area contributed by atoms with Gasteiger partial charge in [-0.05, 0) is 24.7 Å². The van der Waals surface area contributed by atoms with Crippen LogP contribution in [0.1, 0.15) is 12.8 Å². The first-order valence-electron chi connectivity index (χ1n) is 7.17. The minimum atomic E-state index is -0.281. The third-order valence-corrected chi connectivity index (χ3v) is 4.84. The van der Waals surface area contributed by atoms with E-state index in [1.165, 1.54) is 6.42 Å². The van der Waals surface area contributed by atoms with Gasteiger partial charge in [0.05, 0.1) is 38.5 Å². The minimum Gasteiger partial charge on any atom is -0.372 e. The average Bonchev–Trinajstić information content (AvgIpc) is 2.85. The smallest absolute Gasteiger partial charge is 0.317 e. The molecule has 3 saturated heterocycles. The molecule has 19 heavy (non-hydrogen) atoms. The second-order valence-electron chi connectivity index (χ2n) is 6.01. The molecule has 4 aliphatic rings. The Balaban J connectivity index is 1.29. The predicted molar refractivity (Wildman–Crippen MR) is 65.6 cm³/mol. The van der Waals surface area contributed by atoms with Crippen molar-refractivity contribution in [1.82, 2.24) is 10.2 Å². The molecule has 3 aliphatic heterocycles. The van der Waals surface area contributed by atoms with Crippen LogP contribution in [0.15, 0.2) is 0 Å². The van der Waals surface area contributed by atoms with Gasteiger partial charge in [0, 0.05) is 6.54 Å². The van der Waals surface area contributed by atoms with Gasteiger partial charge in [0.1, 0.15) is 0 Å². The molecule has 1 aliphatic carbocycles. The van der Waals surface area contributed by atoms with Gasteiger partial charge in [-0.15, -0.1) is 0 Å².